The van der Waals surface area contributed by atoms with Gasteiger partial charge in [0.2, 0.25) is 0 Å². The average Bonchev–Trinajstić information content (AvgIpc) is 2.39. The van der Waals surface area contributed by atoms with Gasteiger partial charge in [0, 0.05) is 5.56 Å². The third kappa shape index (κ3) is 3.45. The van der Waals surface area contributed by atoms with Crippen molar-refractivity contribution in [3.8, 4) is 11.5 Å². The Balaban J connectivity index is 2.22. The van der Waals surface area contributed by atoms with Gasteiger partial charge in [0.05, 0.1) is 18.2 Å². The molecule has 0 aliphatic heterocycles. The molecule has 0 radical (unpaired) electrons. The van der Waals surface area contributed by atoms with Gasteiger partial charge in [0.1, 0.15) is 6.29 Å². The largest absolute Gasteiger partial charge is 0.493 e. The molecule has 110 valence electrons. The second kappa shape index (κ2) is 6.49. The molecule has 0 amide bonds. The summed E-state index contributed by atoms with van der Waals surface area (Å²) in [4.78, 5) is 10.9. The van der Waals surface area contributed by atoms with Crippen molar-refractivity contribution < 1.29 is 14.3 Å². The van der Waals surface area contributed by atoms with E-state index in [1.165, 1.54) is 6.42 Å². The molecular weight excluding hydrogens is 276 g/mol. The van der Waals surface area contributed by atoms with Crippen molar-refractivity contribution >= 4 is 17.9 Å². The van der Waals surface area contributed by atoms with Crippen molar-refractivity contribution in [2.24, 2.45) is 11.8 Å². The highest BCUT2D eigenvalue weighted by atomic mass is 35.5. The highest BCUT2D eigenvalue weighted by Gasteiger charge is 2.27. The molecule has 1 saturated carbocycles. The zero-order chi connectivity index (χ0) is 14.7. The average molecular weight is 297 g/mol. The van der Waals surface area contributed by atoms with Gasteiger partial charge >= 0.3 is 0 Å². The van der Waals surface area contributed by atoms with E-state index in [9.17, 15) is 4.79 Å². The van der Waals surface area contributed by atoms with Crippen molar-refractivity contribution in [3.05, 3.63) is 22.7 Å². The van der Waals surface area contributed by atoms with E-state index in [-0.39, 0.29) is 6.10 Å². The van der Waals surface area contributed by atoms with Gasteiger partial charge in [0.15, 0.2) is 11.5 Å². The molecule has 1 aliphatic rings. The molecule has 0 spiro atoms. The van der Waals surface area contributed by atoms with Crippen molar-refractivity contribution in [2.75, 3.05) is 7.11 Å². The Hall–Kier alpha value is -1.22. The third-order valence-electron chi connectivity index (χ3n) is 3.81. The Bertz CT molecular complexity index is 477. The van der Waals surface area contributed by atoms with E-state index in [1.54, 1.807) is 19.2 Å². The van der Waals surface area contributed by atoms with Gasteiger partial charge < -0.3 is 9.47 Å². The molecule has 3 nitrogen and oxygen atoms in total. The molecule has 1 aliphatic carbocycles. The van der Waals surface area contributed by atoms with Crippen LogP contribution >= 0.6 is 11.6 Å². The number of carbonyl (C=O) groups excluding carboxylic acids is 1. The molecule has 0 aromatic heterocycles. The fraction of sp³-hybridized carbons (Fsp3) is 0.562. The molecule has 1 fully saturated rings. The molecule has 0 bridgehead atoms. The maximum absolute atomic E-state index is 10.9. The van der Waals surface area contributed by atoms with Gasteiger partial charge in [-0.2, -0.15) is 0 Å². The molecule has 0 N–H and O–H groups in total. The van der Waals surface area contributed by atoms with Crippen LogP contribution in [0.5, 0.6) is 11.5 Å². The quantitative estimate of drug-likeness (QED) is 0.774. The lowest BCUT2D eigenvalue weighted by molar-refractivity contribution is 0.0980. The molecule has 0 saturated heterocycles. The van der Waals surface area contributed by atoms with Crippen molar-refractivity contribution in [1.82, 2.24) is 0 Å². The number of methoxy groups -OCH3 is 1. The van der Waals surface area contributed by atoms with Gasteiger partial charge in [-0.15, -0.1) is 0 Å². The van der Waals surface area contributed by atoms with Gasteiger partial charge in [0.25, 0.3) is 0 Å². The van der Waals surface area contributed by atoms with Gasteiger partial charge in [-0.05, 0) is 43.2 Å². The van der Waals surface area contributed by atoms with Crippen LogP contribution in [0.15, 0.2) is 12.1 Å². The highest BCUT2D eigenvalue weighted by Crippen LogP contribution is 2.39. The van der Waals surface area contributed by atoms with E-state index in [0.29, 0.717) is 33.9 Å². The SMILES string of the molecule is COc1cc(C=O)cc(Cl)c1OC1CC(C)CC(C)C1. The Morgan fingerprint density at radius 3 is 2.40 bits per heavy atom. The Kier molecular flexibility index (Phi) is 4.92. The monoisotopic (exact) mass is 296 g/mol. The molecule has 4 heteroatoms. The summed E-state index contributed by atoms with van der Waals surface area (Å²) in [5.74, 6) is 2.38. The lowest BCUT2D eigenvalue weighted by atomic mass is 9.82. The second-order valence-electron chi connectivity index (χ2n) is 5.81. The summed E-state index contributed by atoms with van der Waals surface area (Å²) in [6.07, 6.45) is 4.21. The fourth-order valence-electron chi connectivity index (χ4n) is 3.06. The van der Waals surface area contributed by atoms with Crippen LogP contribution in [0, 0.1) is 11.8 Å². The number of aldehydes is 1. The highest BCUT2D eigenvalue weighted by molar-refractivity contribution is 6.32. The molecule has 2 rings (SSSR count). The Morgan fingerprint density at radius 1 is 1.20 bits per heavy atom. The van der Waals surface area contributed by atoms with E-state index >= 15 is 0 Å². The number of carbonyl (C=O) groups is 1. The number of hydrogen-bond donors (Lipinski definition) is 0. The molecule has 1 aromatic carbocycles. The molecule has 0 heterocycles. The number of halogens is 1. The van der Waals surface area contributed by atoms with Gasteiger partial charge in [-0.25, -0.2) is 0 Å². The summed E-state index contributed by atoms with van der Waals surface area (Å²) in [7, 11) is 1.55. The predicted octanol–water partition coefficient (Wildman–Crippen LogP) is 4.36. The second-order valence-corrected chi connectivity index (χ2v) is 6.22. The first kappa shape index (κ1) is 15.2. The van der Waals surface area contributed by atoms with E-state index in [0.717, 1.165) is 19.1 Å². The lowest BCUT2D eigenvalue weighted by Gasteiger charge is -2.32. The number of benzene rings is 1. The molecular formula is C16H21ClO3. The Morgan fingerprint density at radius 2 is 1.85 bits per heavy atom. The number of ether oxygens (including phenoxy) is 2. The van der Waals surface area contributed by atoms with Crippen LogP contribution < -0.4 is 9.47 Å². The lowest BCUT2D eigenvalue weighted by Crippen LogP contribution is -2.28. The predicted molar refractivity (Wildman–Crippen MR) is 80.0 cm³/mol. The van der Waals surface area contributed by atoms with Crippen LogP contribution in [-0.4, -0.2) is 19.5 Å². The summed E-state index contributed by atoms with van der Waals surface area (Å²) in [5.41, 5.74) is 0.490. The maximum Gasteiger partial charge on any atom is 0.180 e. The van der Waals surface area contributed by atoms with E-state index < -0.39 is 0 Å². The third-order valence-corrected chi connectivity index (χ3v) is 4.09. The van der Waals surface area contributed by atoms with E-state index in [2.05, 4.69) is 13.8 Å². The van der Waals surface area contributed by atoms with Crippen molar-refractivity contribution in [3.63, 3.8) is 0 Å². The first-order valence-electron chi connectivity index (χ1n) is 7.02. The smallest absolute Gasteiger partial charge is 0.180 e. The van der Waals surface area contributed by atoms with Crippen LogP contribution in [0.1, 0.15) is 43.5 Å². The number of hydrogen-bond acceptors (Lipinski definition) is 3. The molecule has 2 unspecified atom stereocenters. The van der Waals surface area contributed by atoms with Crippen LogP contribution in [0.3, 0.4) is 0 Å². The van der Waals surface area contributed by atoms with Crippen LogP contribution in [0.25, 0.3) is 0 Å². The summed E-state index contributed by atoms with van der Waals surface area (Å²) in [6.45, 7) is 4.50. The fourth-order valence-corrected chi connectivity index (χ4v) is 3.32. The molecule has 20 heavy (non-hydrogen) atoms. The van der Waals surface area contributed by atoms with E-state index in [1.807, 2.05) is 0 Å². The topological polar surface area (TPSA) is 35.5 Å². The maximum atomic E-state index is 10.9. The first-order chi connectivity index (χ1) is 9.53. The molecule has 2 atom stereocenters. The summed E-state index contributed by atoms with van der Waals surface area (Å²) in [5, 5.41) is 0.428. The van der Waals surface area contributed by atoms with Gasteiger partial charge in [-0.3, -0.25) is 4.79 Å². The minimum atomic E-state index is 0.155. The molecule has 1 aromatic rings. The van der Waals surface area contributed by atoms with Crippen LogP contribution in [0.2, 0.25) is 5.02 Å². The summed E-state index contributed by atoms with van der Waals surface area (Å²) >= 11 is 6.22. The summed E-state index contributed by atoms with van der Waals surface area (Å²) < 4.78 is 11.4. The minimum absolute atomic E-state index is 0.155. The minimum Gasteiger partial charge on any atom is -0.493 e. The zero-order valence-corrected chi connectivity index (χ0v) is 12.9. The summed E-state index contributed by atoms with van der Waals surface area (Å²) in [6, 6.07) is 3.27. The standard InChI is InChI=1S/C16H21ClO3/c1-10-4-11(2)6-13(5-10)20-16-14(17)7-12(9-18)8-15(16)19-3/h7-11,13H,4-6H2,1-3H3. The Labute approximate surface area is 125 Å². The van der Waals surface area contributed by atoms with Gasteiger partial charge in [-0.1, -0.05) is 25.4 Å². The normalized spacial score (nSPS) is 26.1. The van der Waals surface area contributed by atoms with Crippen molar-refractivity contribution in [1.29, 1.82) is 0 Å². The van der Waals surface area contributed by atoms with Crippen LogP contribution in [0.4, 0.5) is 0 Å². The zero-order valence-electron chi connectivity index (χ0n) is 12.2. The number of rotatable bonds is 4. The first-order valence-corrected chi connectivity index (χ1v) is 7.40. The van der Waals surface area contributed by atoms with Crippen molar-refractivity contribution in [2.45, 2.75) is 39.2 Å². The van der Waals surface area contributed by atoms with E-state index in [4.69, 9.17) is 21.1 Å². The van der Waals surface area contributed by atoms with Crippen LogP contribution in [-0.2, 0) is 0 Å².